The molecule has 0 fully saturated rings. The first-order valence-electron chi connectivity index (χ1n) is 5.99. The molecular formula is C14H18N2OS. The minimum absolute atomic E-state index is 0.907. The molecule has 0 radical (unpaired) electrons. The second kappa shape index (κ2) is 5.98. The van der Waals surface area contributed by atoms with Crippen LogP contribution in [-0.4, -0.2) is 25.7 Å². The molecule has 0 saturated heterocycles. The minimum Gasteiger partial charge on any atom is -0.496 e. The molecule has 0 aliphatic heterocycles. The maximum atomic E-state index is 5.41. The molecule has 0 amide bonds. The summed E-state index contributed by atoms with van der Waals surface area (Å²) in [6.45, 7) is 3.05. The summed E-state index contributed by atoms with van der Waals surface area (Å²) in [5.41, 5.74) is 2.36. The zero-order valence-electron chi connectivity index (χ0n) is 11.0. The largest absolute Gasteiger partial charge is 0.496 e. The summed E-state index contributed by atoms with van der Waals surface area (Å²) in [5.74, 6) is 0.907. The standard InChI is InChI=1S/C14H18N2OS/c1-10-4-5-12(17-3)11(8-10)13-9-16-14(18-13)6-7-15-2/h4-5,8-9,15H,6-7H2,1-3H3. The van der Waals surface area contributed by atoms with Crippen molar-refractivity contribution < 1.29 is 4.74 Å². The first-order chi connectivity index (χ1) is 8.74. The summed E-state index contributed by atoms with van der Waals surface area (Å²) in [4.78, 5) is 5.63. The lowest BCUT2D eigenvalue weighted by Crippen LogP contribution is -2.09. The molecule has 0 saturated carbocycles. The van der Waals surface area contributed by atoms with Gasteiger partial charge in [0.1, 0.15) is 5.75 Å². The number of hydrogen-bond donors (Lipinski definition) is 1. The van der Waals surface area contributed by atoms with Crippen LogP contribution < -0.4 is 10.1 Å². The SMILES string of the molecule is CNCCc1ncc(-c2cc(C)ccc2OC)s1. The van der Waals surface area contributed by atoms with E-state index in [1.807, 2.05) is 19.3 Å². The van der Waals surface area contributed by atoms with Crippen LogP contribution in [0.15, 0.2) is 24.4 Å². The number of rotatable bonds is 5. The molecule has 0 aliphatic carbocycles. The fourth-order valence-electron chi connectivity index (χ4n) is 1.80. The highest BCUT2D eigenvalue weighted by atomic mass is 32.1. The Balaban J connectivity index is 2.30. The van der Waals surface area contributed by atoms with Crippen molar-refractivity contribution in [3.05, 3.63) is 35.0 Å². The van der Waals surface area contributed by atoms with Gasteiger partial charge in [-0.25, -0.2) is 4.98 Å². The number of nitrogens with one attached hydrogen (secondary N) is 1. The molecule has 1 heterocycles. The second-order valence-corrected chi connectivity index (χ2v) is 5.29. The number of aryl methyl sites for hydroxylation is 1. The molecule has 1 aromatic heterocycles. The molecule has 96 valence electrons. The van der Waals surface area contributed by atoms with Crippen molar-refractivity contribution in [1.82, 2.24) is 10.3 Å². The lowest BCUT2D eigenvalue weighted by atomic mass is 10.1. The third-order valence-corrected chi connectivity index (χ3v) is 3.85. The van der Waals surface area contributed by atoms with E-state index in [0.29, 0.717) is 0 Å². The number of nitrogens with zero attached hydrogens (tertiary/aromatic N) is 1. The number of hydrogen-bond acceptors (Lipinski definition) is 4. The van der Waals surface area contributed by atoms with Crippen molar-refractivity contribution >= 4 is 11.3 Å². The van der Waals surface area contributed by atoms with E-state index in [2.05, 4.69) is 29.4 Å². The zero-order chi connectivity index (χ0) is 13.0. The Hall–Kier alpha value is -1.39. The molecule has 0 unspecified atom stereocenters. The van der Waals surface area contributed by atoms with Gasteiger partial charge in [-0.3, -0.25) is 0 Å². The minimum atomic E-state index is 0.907. The molecule has 0 spiro atoms. The van der Waals surface area contributed by atoms with Gasteiger partial charge < -0.3 is 10.1 Å². The number of ether oxygens (including phenoxy) is 1. The van der Waals surface area contributed by atoms with E-state index >= 15 is 0 Å². The monoisotopic (exact) mass is 262 g/mol. The Labute approximate surface area is 112 Å². The predicted molar refractivity (Wildman–Crippen MR) is 76.5 cm³/mol. The number of likely N-dealkylation sites (N-methyl/N-ethyl adjacent to an activating group) is 1. The maximum absolute atomic E-state index is 5.41. The summed E-state index contributed by atoms with van der Waals surface area (Å²) in [6, 6.07) is 6.22. The number of benzene rings is 1. The van der Waals surface area contributed by atoms with Gasteiger partial charge in [-0.05, 0) is 26.1 Å². The van der Waals surface area contributed by atoms with Crippen molar-refractivity contribution in [3.63, 3.8) is 0 Å². The van der Waals surface area contributed by atoms with Gasteiger partial charge in [0, 0.05) is 24.7 Å². The normalized spacial score (nSPS) is 10.6. The van der Waals surface area contributed by atoms with Crippen molar-refractivity contribution in [2.45, 2.75) is 13.3 Å². The first-order valence-corrected chi connectivity index (χ1v) is 6.80. The molecular weight excluding hydrogens is 244 g/mol. The Morgan fingerprint density at radius 1 is 1.39 bits per heavy atom. The van der Waals surface area contributed by atoms with Gasteiger partial charge in [-0.15, -0.1) is 11.3 Å². The fourth-order valence-corrected chi connectivity index (χ4v) is 2.73. The predicted octanol–water partition coefficient (Wildman–Crippen LogP) is 2.89. The zero-order valence-corrected chi connectivity index (χ0v) is 11.8. The first kappa shape index (κ1) is 13.1. The van der Waals surface area contributed by atoms with Crippen LogP contribution in [0.25, 0.3) is 10.4 Å². The van der Waals surface area contributed by atoms with Gasteiger partial charge >= 0.3 is 0 Å². The van der Waals surface area contributed by atoms with Gasteiger partial charge in [0.25, 0.3) is 0 Å². The van der Waals surface area contributed by atoms with Gasteiger partial charge in [-0.1, -0.05) is 11.6 Å². The molecule has 3 nitrogen and oxygen atoms in total. The lowest BCUT2D eigenvalue weighted by molar-refractivity contribution is 0.416. The molecule has 0 atom stereocenters. The van der Waals surface area contributed by atoms with Crippen molar-refractivity contribution in [3.8, 4) is 16.2 Å². The smallest absolute Gasteiger partial charge is 0.127 e. The third kappa shape index (κ3) is 2.89. The van der Waals surface area contributed by atoms with E-state index in [1.54, 1.807) is 18.4 Å². The van der Waals surface area contributed by atoms with Crippen molar-refractivity contribution in [2.75, 3.05) is 20.7 Å². The molecule has 1 N–H and O–H groups in total. The Kier molecular flexibility index (Phi) is 4.33. The van der Waals surface area contributed by atoms with Crippen LogP contribution in [0.2, 0.25) is 0 Å². The molecule has 2 rings (SSSR count). The van der Waals surface area contributed by atoms with Crippen molar-refractivity contribution in [2.24, 2.45) is 0 Å². The highest BCUT2D eigenvalue weighted by molar-refractivity contribution is 7.15. The summed E-state index contributed by atoms with van der Waals surface area (Å²) in [7, 11) is 3.66. The van der Waals surface area contributed by atoms with Crippen LogP contribution in [0.1, 0.15) is 10.6 Å². The summed E-state index contributed by atoms with van der Waals surface area (Å²) in [6.07, 6.45) is 2.91. The van der Waals surface area contributed by atoms with Gasteiger partial charge in [0.2, 0.25) is 0 Å². The highest BCUT2D eigenvalue weighted by Gasteiger charge is 2.09. The van der Waals surface area contributed by atoms with E-state index in [4.69, 9.17) is 4.74 Å². The van der Waals surface area contributed by atoms with E-state index in [9.17, 15) is 0 Å². The van der Waals surface area contributed by atoms with E-state index < -0.39 is 0 Å². The Morgan fingerprint density at radius 3 is 2.94 bits per heavy atom. The van der Waals surface area contributed by atoms with Gasteiger partial charge in [0.05, 0.1) is 17.0 Å². The van der Waals surface area contributed by atoms with Gasteiger partial charge in [-0.2, -0.15) is 0 Å². The molecule has 0 bridgehead atoms. The van der Waals surface area contributed by atoms with E-state index in [1.165, 1.54) is 10.4 Å². The highest BCUT2D eigenvalue weighted by Crippen LogP contribution is 2.34. The molecule has 18 heavy (non-hydrogen) atoms. The Bertz CT molecular complexity index is 522. The van der Waals surface area contributed by atoms with Gasteiger partial charge in [0.15, 0.2) is 0 Å². The van der Waals surface area contributed by atoms with E-state index in [-0.39, 0.29) is 0 Å². The average Bonchev–Trinajstić information content (AvgIpc) is 2.85. The molecule has 2 aromatic rings. The lowest BCUT2D eigenvalue weighted by Gasteiger charge is -2.07. The summed E-state index contributed by atoms with van der Waals surface area (Å²) in [5, 5.41) is 4.29. The third-order valence-electron chi connectivity index (χ3n) is 2.76. The topological polar surface area (TPSA) is 34.2 Å². The van der Waals surface area contributed by atoms with Crippen LogP contribution in [0.3, 0.4) is 0 Å². The second-order valence-electron chi connectivity index (χ2n) is 4.18. The van der Waals surface area contributed by atoms with Crippen LogP contribution >= 0.6 is 11.3 Å². The Morgan fingerprint density at radius 2 is 2.22 bits per heavy atom. The quantitative estimate of drug-likeness (QED) is 0.899. The number of aromatic nitrogens is 1. The number of thiazole rings is 1. The maximum Gasteiger partial charge on any atom is 0.127 e. The van der Waals surface area contributed by atoms with Crippen LogP contribution in [0, 0.1) is 6.92 Å². The van der Waals surface area contributed by atoms with Crippen LogP contribution in [-0.2, 0) is 6.42 Å². The fraction of sp³-hybridized carbons (Fsp3) is 0.357. The van der Waals surface area contributed by atoms with Crippen LogP contribution in [0.5, 0.6) is 5.75 Å². The summed E-state index contributed by atoms with van der Waals surface area (Å²) < 4.78 is 5.41. The average molecular weight is 262 g/mol. The van der Waals surface area contributed by atoms with Crippen molar-refractivity contribution in [1.29, 1.82) is 0 Å². The molecule has 0 aliphatic rings. The summed E-state index contributed by atoms with van der Waals surface area (Å²) >= 11 is 1.73. The van der Waals surface area contributed by atoms with Crippen LogP contribution in [0.4, 0.5) is 0 Å². The van der Waals surface area contributed by atoms with E-state index in [0.717, 1.165) is 29.3 Å². The molecule has 4 heteroatoms. The number of methoxy groups -OCH3 is 1. The molecule has 1 aromatic carbocycles.